The largest absolute Gasteiger partial charge is 0.465 e. The van der Waals surface area contributed by atoms with E-state index in [1.807, 2.05) is 37.3 Å². The van der Waals surface area contributed by atoms with Crippen molar-refractivity contribution in [2.24, 2.45) is 0 Å². The Kier molecular flexibility index (Phi) is 3.44. The number of esters is 1. The summed E-state index contributed by atoms with van der Waals surface area (Å²) in [6, 6.07) is 15.5. The number of ether oxygens (including phenoxy) is 1. The van der Waals surface area contributed by atoms with Crippen LogP contribution < -0.4 is 0 Å². The summed E-state index contributed by atoms with van der Waals surface area (Å²) in [5.41, 5.74) is 3.80. The quantitative estimate of drug-likeness (QED) is 0.692. The third-order valence-corrected chi connectivity index (χ3v) is 3.56. The van der Waals surface area contributed by atoms with E-state index in [0.717, 1.165) is 29.0 Å². The number of hydrogen-bond donors (Lipinski definition) is 0. The van der Waals surface area contributed by atoms with Crippen LogP contribution in [0.4, 0.5) is 0 Å². The van der Waals surface area contributed by atoms with Gasteiger partial charge in [-0.15, -0.1) is 0 Å². The zero-order valence-electron chi connectivity index (χ0n) is 12.0. The lowest BCUT2D eigenvalue weighted by atomic mass is 10.1. The lowest BCUT2D eigenvalue weighted by molar-refractivity contribution is 0.0600. The van der Waals surface area contributed by atoms with Crippen LogP contribution in [-0.2, 0) is 11.3 Å². The third kappa shape index (κ3) is 2.52. The van der Waals surface area contributed by atoms with Crippen LogP contribution in [-0.4, -0.2) is 22.6 Å². The zero-order valence-corrected chi connectivity index (χ0v) is 12.0. The first-order valence-electron chi connectivity index (χ1n) is 6.78. The number of carbonyl (C=O) groups excluding carboxylic acids is 1. The highest BCUT2D eigenvalue weighted by Crippen LogP contribution is 2.17. The molecule has 106 valence electrons. The van der Waals surface area contributed by atoms with Crippen molar-refractivity contribution in [2.45, 2.75) is 13.5 Å². The molecular weight excluding hydrogens is 264 g/mol. The van der Waals surface area contributed by atoms with E-state index in [0.29, 0.717) is 5.56 Å². The van der Waals surface area contributed by atoms with Gasteiger partial charge >= 0.3 is 5.97 Å². The average molecular weight is 280 g/mol. The number of aryl methyl sites for hydroxylation is 1. The summed E-state index contributed by atoms with van der Waals surface area (Å²) in [6.07, 6.45) is 0. The SMILES string of the molecule is COC(=O)c1ccc(Cn2c(C)nc3ccccc32)cc1. The van der Waals surface area contributed by atoms with Gasteiger partial charge in [-0.25, -0.2) is 9.78 Å². The topological polar surface area (TPSA) is 44.1 Å². The number of imidazole rings is 1. The monoisotopic (exact) mass is 280 g/mol. The fourth-order valence-electron chi connectivity index (χ4n) is 2.44. The maximum atomic E-state index is 11.4. The Hall–Kier alpha value is -2.62. The van der Waals surface area contributed by atoms with Crippen LogP contribution in [0, 0.1) is 6.92 Å². The van der Waals surface area contributed by atoms with E-state index in [1.54, 1.807) is 12.1 Å². The van der Waals surface area contributed by atoms with Gasteiger partial charge in [-0.2, -0.15) is 0 Å². The summed E-state index contributed by atoms with van der Waals surface area (Å²) in [5, 5.41) is 0. The van der Waals surface area contributed by atoms with Gasteiger partial charge in [0.1, 0.15) is 5.82 Å². The average Bonchev–Trinajstić information content (AvgIpc) is 2.83. The molecule has 3 aromatic rings. The number of fused-ring (bicyclic) bond motifs is 1. The first-order valence-corrected chi connectivity index (χ1v) is 6.78. The molecule has 0 saturated carbocycles. The molecule has 0 aliphatic heterocycles. The Bertz CT molecular complexity index is 788. The highest BCUT2D eigenvalue weighted by Gasteiger charge is 2.08. The van der Waals surface area contributed by atoms with Crippen molar-refractivity contribution in [3.05, 3.63) is 65.5 Å². The molecule has 21 heavy (non-hydrogen) atoms. The minimum atomic E-state index is -0.314. The molecule has 0 atom stereocenters. The van der Waals surface area contributed by atoms with Crippen molar-refractivity contribution < 1.29 is 9.53 Å². The molecule has 1 aromatic heterocycles. The van der Waals surface area contributed by atoms with Crippen molar-refractivity contribution in [1.29, 1.82) is 0 Å². The van der Waals surface area contributed by atoms with E-state index in [-0.39, 0.29) is 5.97 Å². The molecule has 0 fully saturated rings. The lowest BCUT2D eigenvalue weighted by Gasteiger charge is -2.08. The van der Waals surface area contributed by atoms with Gasteiger partial charge in [0.25, 0.3) is 0 Å². The minimum absolute atomic E-state index is 0.314. The Morgan fingerprint density at radius 3 is 2.57 bits per heavy atom. The molecular formula is C17H16N2O2. The van der Waals surface area contributed by atoms with E-state index >= 15 is 0 Å². The maximum Gasteiger partial charge on any atom is 0.337 e. The molecule has 0 unspecified atom stereocenters. The van der Waals surface area contributed by atoms with Crippen molar-refractivity contribution in [1.82, 2.24) is 9.55 Å². The van der Waals surface area contributed by atoms with Gasteiger partial charge in [0.2, 0.25) is 0 Å². The molecule has 0 bridgehead atoms. The van der Waals surface area contributed by atoms with Crippen molar-refractivity contribution in [3.63, 3.8) is 0 Å². The molecule has 2 aromatic carbocycles. The molecule has 0 saturated heterocycles. The van der Waals surface area contributed by atoms with Gasteiger partial charge in [-0.3, -0.25) is 0 Å². The van der Waals surface area contributed by atoms with Crippen LogP contribution in [0.25, 0.3) is 11.0 Å². The summed E-state index contributed by atoms with van der Waals surface area (Å²) in [4.78, 5) is 16.0. The van der Waals surface area contributed by atoms with E-state index in [9.17, 15) is 4.79 Å². The van der Waals surface area contributed by atoms with Crippen LogP contribution in [0.15, 0.2) is 48.5 Å². The first-order chi connectivity index (χ1) is 10.2. The van der Waals surface area contributed by atoms with Gasteiger partial charge in [0.15, 0.2) is 0 Å². The van der Waals surface area contributed by atoms with Crippen LogP contribution in [0.5, 0.6) is 0 Å². The molecule has 3 rings (SSSR count). The molecule has 0 amide bonds. The molecule has 4 heteroatoms. The second-order valence-electron chi connectivity index (χ2n) is 4.92. The molecule has 1 heterocycles. The molecule has 0 N–H and O–H groups in total. The predicted molar refractivity (Wildman–Crippen MR) is 81.4 cm³/mol. The van der Waals surface area contributed by atoms with Crippen molar-refractivity contribution >= 4 is 17.0 Å². The Labute approximate surface area is 123 Å². The summed E-state index contributed by atoms with van der Waals surface area (Å²) in [7, 11) is 1.39. The number of methoxy groups -OCH3 is 1. The van der Waals surface area contributed by atoms with E-state index in [2.05, 4.69) is 15.6 Å². The summed E-state index contributed by atoms with van der Waals surface area (Å²) < 4.78 is 6.87. The predicted octanol–water partition coefficient (Wildman–Crippen LogP) is 3.18. The highest BCUT2D eigenvalue weighted by atomic mass is 16.5. The van der Waals surface area contributed by atoms with E-state index in [1.165, 1.54) is 7.11 Å². The lowest BCUT2D eigenvalue weighted by Crippen LogP contribution is -2.04. The van der Waals surface area contributed by atoms with Gasteiger partial charge in [0.05, 0.1) is 23.7 Å². The molecule has 0 aliphatic carbocycles. The number of benzene rings is 2. The van der Waals surface area contributed by atoms with Crippen LogP contribution in [0.2, 0.25) is 0 Å². The number of carbonyl (C=O) groups is 1. The zero-order chi connectivity index (χ0) is 14.8. The second-order valence-corrected chi connectivity index (χ2v) is 4.92. The number of rotatable bonds is 3. The van der Waals surface area contributed by atoms with Crippen LogP contribution in [0.1, 0.15) is 21.7 Å². The molecule has 0 spiro atoms. The van der Waals surface area contributed by atoms with Gasteiger partial charge in [-0.05, 0) is 36.8 Å². The Balaban J connectivity index is 1.92. The van der Waals surface area contributed by atoms with Crippen LogP contribution >= 0.6 is 0 Å². The summed E-state index contributed by atoms with van der Waals surface area (Å²) in [5.74, 6) is 0.666. The van der Waals surface area contributed by atoms with Crippen molar-refractivity contribution in [3.8, 4) is 0 Å². The van der Waals surface area contributed by atoms with Crippen LogP contribution in [0.3, 0.4) is 0 Å². The molecule has 0 aliphatic rings. The van der Waals surface area contributed by atoms with Gasteiger partial charge < -0.3 is 9.30 Å². The first kappa shape index (κ1) is 13.4. The standard InChI is InChI=1S/C17H16N2O2/c1-12-18-15-5-3-4-6-16(15)19(12)11-13-7-9-14(10-8-13)17(20)21-2/h3-10H,11H2,1-2H3. The highest BCUT2D eigenvalue weighted by molar-refractivity contribution is 5.89. The normalized spacial score (nSPS) is 10.8. The summed E-state index contributed by atoms with van der Waals surface area (Å²) >= 11 is 0. The fraction of sp³-hybridized carbons (Fsp3) is 0.176. The second kappa shape index (κ2) is 5.40. The third-order valence-electron chi connectivity index (χ3n) is 3.56. The number of para-hydroxylation sites is 2. The number of aromatic nitrogens is 2. The minimum Gasteiger partial charge on any atom is -0.465 e. The molecule has 4 nitrogen and oxygen atoms in total. The smallest absolute Gasteiger partial charge is 0.337 e. The fourth-order valence-corrected chi connectivity index (χ4v) is 2.44. The van der Waals surface area contributed by atoms with E-state index < -0.39 is 0 Å². The maximum absolute atomic E-state index is 11.4. The number of hydrogen-bond acceptors (Lipinski definition) is 3. The molecule has 0 radical (unpaired) electrons. The van der Waals surface area contributed by atoms with E-state index in [4.69, 9.17) is 4.74 Å². The Morgan fingerprint density at radius 2 is 1.86 bits per heavy atom. The van der Waals surface area contributed by atoms with Crippen molar-refractivity contribution in [2.75, 3.05) is 7.11 Å². The number of nitrogens with zero attached hydrogens (tertiary/aromatic N) is 2. The Morgan fingerprint density at radius 1 is 1.14 bits per heavy atom. The van der Waals surface area contributed by atoms with Gasteiger partial charge in [0, 0.05) is 6.54 Å². The van der Waals surface area contributed by atoms with Gasteiger partial charge in [-0.1, -0.05) is 24.3 Å². The summed E-state index contributed by atoms with van der Waals surface area (Å²) in [6.45, 7) is 2.73.